The maximum Gasteiger partial charge on any atom is 0.367 e. The third kappa shape index (κ3) is 4.22. The first-order chi connectivity index (χ1) is 11.4. The van der Waals surface area contributed by atoms with E-state index in [0.29, 0.717) is 17.7 Å². The van der Waals surface area contributed by atoms with E-state index in [0.717, 1.165) is 17.5 Å². The van der Waals surface area contributed by atoms with E-state index in [4.69, 9.17) is 9.47 Å². The van der Waals surface area contributed by atoms with E-state index in [1.54, 1.807) is 31.5 Å². The summed E-state index contributed by atoms with van der Waals surface area (Å²) in [5.74, 6) is -1.36. The molecule has 5 nitrogen and oxygen atoms in total. The minimum atomic E-state index is -0.961. The molecule has 1 unspecified atom stereocenters. The molecule has 0 saturated carbocycles. The summed E-state index contributed by atoms with van der Waals surface area (Å²) in [6, 6.07) is 5.13. The normalized spacial score (nSPS) is 12.8. The Morgan fingerprint density at radius 1 is 1.46 bits per heavy atom. The van der Waals surface area contributed by atoms with Crippen LogP contribution in [-0.4, -0.2) is 28.7 Å². The molecule has 0 fully saturated rings. The summed E-state index contributed by atoms with van der Waals surface area (Å²) in [5.41, 5.74) is 2.16. The third-order valence-electron chi connectivity index (χ3n) is 3.57. The SMILES string of the molecule is CCC(C)OC(=O)C(F)=Cc1ccc(-n2cnc(C)c2)c(OC)c1. The Kier molecular flexibility index (Phi) is 5.73. The minimum absolute atomic E-state index is 0.321. The third-order valence-corrected chi connectivity index (χ3v) is 3.57. The molecule has 1 heterocycles. The lowest BCUT2D eigenvalue weighted by Crippen LogP contribution is -2.14. The second kappa shape index (κ2) is 7.77. The molecule has 0 radical (unpaired) electrons. The summed E-state index contributed by atoms with van der Waals surface area (Å²) in [6.07, 6.45) is 4.98. The van der Waals surface area contributed by atoms with Crippen LogP contribution in [0.2, 0.25) is 0 Å². The van der Waals surface area contributed by atoms with Crippen LogP contribution in [0.3, 0.4) is 0 Å². The molecule has 1 aromatic heterocycles. The van der Waals surface area contributed by atoms with Crippen molar-refractivity contribution in [2.24, 2.45) is 0 Å². The summed E-state index contributed by atoms with van der Waals surface area (Å²) in [7, 11) is 1.53. The van der Waals surface area contributed by atoms with E-state index in [9.17, 15) is 9.18 Å². The van der Waals surface area contributed by atoms with Gasteiger partial charge in [-0.3, -0.25) is 0 Å². The topological polar surface area (TPSA) is 53.4 Å². The number of hydrogen-bond acceptors (Lipinski definition) is 4. The lowest BCUT2D eigenvalue weighted by atomic mass is 10.1. The molecule has 0 saturated heterocycles. The Morgan fingerprint density at radius 3 is 2.79 bits per heavy atom. The van der Waals surface area contributed by atoms with Gasteiger partial charge in [-0.2, -0.15) is 4.39 Å². The summed E-state index contributed by atoms with van der Waals surface area (Å²) in [5, 5.41) is 0. The van der Waals surface area contributed by atoms with E-state index in [2.05, 4.69) is 4.98 Å². The maximum atomic E-state index is 14.0. The van der Waals surface area contributed by atoms with Gasteiger partial charge in [-0.15, -0.1) is 0 Å². The van der Waals surface area contributed by atoms with Gasteiger partial charge in [-0.1, -0.05) is 13.0 Å². The molecule has 0 N–H and O–H groups in total. The van der Waals surface area contributed by atoms with E-state index in [1.807, 2.05) is 24.6 Å². The Labute approximate surface area is 140 Å². The minimum Gasteiger partial charge on any atom is -0.495 e. The second-order valence-electron chi connectivity index (χ2n) is 5.47. The molecule has 128 valence electrons. The van der Waals surface area contributed by atoms with Crippen LogP contribution in [0.4, 0.5) is 4.39 Å². The molecule has 1 aromatic carbocycles. The fourth-order valence-corrected chi connectivity index (χ4v) is 2.08. The number of carbonyl (C=O) groups excluding carboxylic acids is 1. The largest absolute Gasteiger partial charge is 0.495 e. The van der Waals surface area contributed by atoms with Crippen molar-refractivity contribution in [3.8, 4) is 11.4 Å². The maximum absolute atomic E-state index is 14.0. The number of imidazole rings is 1. The number of ether oxygens (including phenoxy) is 2. The first kappa shape index (κ1) is 17.7. The molecule has 0 aliphatic carbocycles. The molecule has 1 atom stereocenters. The van der Waals surface area contributed by atoms with Crippen LogP contribution < -0.4 is 4.74 Å². The Bertz CT molecular complexity index is 752. The van der Waals surface area contributed by atoms with Gasteiger partial charge in [0.25, 0.3) is 0 Å². The standard InChI is InChI=1S/C18H21FN2O3/c1-5-13(3)24-18(22)15(19)8-14-6-7-16(17(9-14)23-4)21-10-12(2)20-11-21/h6-11,13H,5H2,1-4H3. The first-order valence-electron chi connectivity index (χ1n) is 7.71. The highest BCUT2D eigenvalue weighted by molar-refractivity contribution is 5.91. The van der Waals surface area contributed by atoms with Crippen molar-refractivity contribution in [2.45, 2.75) is 33.3 Å². The number of aromatic nitrogens is 2. The van der Waals surface area contributed by atoms with Crippen LogP contribution in [0.15, 0.2) is 36.6 Å². The molecular weight excluding hydrogens is 311 g/mol. The smallest absolute Gasteiger partial charge is 0.367 e. The average molecular weight is 332 g/mol. The van der Waals surface area contributed by atoms with Gasteiger partial charge >= 0.3 is 5.97 Å². The van der Waals surface area contributed by atoms with Crippen molar-refractivity contribution in [2.75, 3.05) is 7.11 Å². The van der Waals surface area contributed by atoms with Crippen LogP contribution in [0.1, 0.15) is 31.5 Å². The zero-order valence-corrected chi connectivity index (χ0v) is 14.2. The molecule has 2 rings (SSSR count). The van der Waals surface area contributed by atoms with E-state index >= 15 is 0 Å². The van der Waals surface area contributed by atoms with Gasteiger partial charge in [0.1, 0.15) is 5.75 Å². The van der Waals surface area contributed by atoms with Crippen LogP contribution in [0.5, 0.6) is 5.75 Å². The monoisotopic (exact) mass is 332 g/mol. The van der Waals surface area contributed by atoms with Crippen molar-refractivity contribution in [1.82, 2.24) is 9.55 Å². The van der Waals surface area contributed by atoms with Crippen LogP contribution >= 0.6 is 0 Å². The number of nitrogens with zero attached hydrogens (tertiary/aromatic N) is 2. The summed E-state index contributed by atoms with van der Waals surface area (Å²) in [6.45, 7) is 5.47. The molecule has 0 amide bonds. The summed E-state index contributed by atoms with van der Waals surface area (Å²) >= 11 is 0. The average Bonchev–Trinajstić information content (AvgIpc) is 3.00. The molecule has 24 heavy (non-hydrogen) atoms. The van der Waals surface area contributed by atoms with Gasteiger partial charge in [0.05, 0.1) is 30.9 Å². The Morgan fingerprint density at radius 2 is 2.21 bits per heavy atom. The van der Waals surface area contributed by atoms with Crippen molar-refractivity contribution < 1.29 is 18.7 Å². The van der Waals surface area contributed by atoms with E-state index in [1.165, 1.54) is 7.11 Å². The zero-order valence-electron chi connectivity index (χ0n) is 14.2. The lowest BCUT2D eigenvalue weighted by Gasteiger charge is -2.11. The van der Waals surface area contributed by atoms with Crippen molar-refractivity contribution in [3.05, 3.63) is 47.8 Å². The highest BCUT2D eigenvalue weighted by Gasteiger charge is 2.14. The number of aryl methyl sites for hydroxylation is 1. The van der Waals surface area contributed by atoms with Crippen molar-refractivity contribution >= 4 is 12.0 Å². The van der Waals surface area contributed by atoms with Crippen molar-refractivity contribution in [1.29, 1.82) is 0 Å². The predicted molar refractivity (Wildman–Crippen MR) is 89.8 cm³/mol. The fourth-order valence-electron chi connectivity index (χ4n) is 2.08. The van der Waals surface area contributed by atoms with E-state index < -0.39 is 11.8 Å². The lowest BCUT2D eigenvalue weighted by molar-refractivity contribution is -0.145. The molecule has 6 heteroatoms. The zero-order chi connectivity index (χ0) is 17.7. The number of carbonyl (C=O) groups is 1. The number of hydrogen-bond donors (Lipinski definition) is 0. The Hall–Kier alpha value is -2.63. The van der Waals surface area contributed by atoms with Gasteiger partial charge in [0.15, 0.2) is 0 Å². The molecule has 0 aliphatic heterocycles. The summed E-state index contributed by atoms with van der Waals surface area (Å²) < 4.78 is 26.1. The van der Waals surface area contributed by atoms with Crippen LogP contribution in [0, 0.1) is 6.92 Å². The predicted octanol–water partition coefficient (Wildman–Crippen LogP) is 3.84. The van der Waals surface area contributed by atoms with Crippen LogP contribution in [0.25, 0.3) is 11.8 Å². The van der Waals surface area contributed by atoms with Crippen LogP contribution in [-0.2, 0) is 9.53 Å². The van der Waals surface area contributed by atoms with Gasteiger partial charge in [0, 0.05) is 6.20 Å². The molecule has 0 bridgehead atoms. The first-order valence-corrected chi connectivity index (χ1v) is 7.71. The fraction of sp³-hybridized carbons (Fsp3) is 0.333. The number of methoxy groups -OCH3 is 1. The highest BCUT2D eigenvalue weighted by Crippen LogP contribution is 2.26. The summed E-state index contributed by atoms with van der Waals surface area (Å²) in [4.78, 5) is 15.8. The molecule has 0 aliphatic rings. The molecule has 2 aromatic rings. The van der Waals surface area contributed by atoms with Crippen molar-refractivity contribution in [3.63, 3.8) is 0 Å². The number of benzene rings is 1. The second-order valence-corrected chi connectivity index (χ2v) is 5.47. The van der Waals surface area contributed by atoms with Gasteiger partial charge in [-0.05, 0) is 44.0 Å². The quantitative estimate of drug-likeness (QED) is 0.596. The number of halogens is 1. The van der Waals surface area contributed by atoms with Gasteiger partial charge in [-0.25, -0.2) is 9.78 Å². The molecular formula is C18H21FN2O3. The van der Waals surface area contributed by atoms with E-state index in [-0.39, 0.29) is 6.10 Å². The van der Waals surface area contributed by atoms with Gasteiger partial charge in [0.2, 0.25) is 5.83 Å². The molecule has 0 spiro atoms. The van der Waals surface area contributed by atoms with Gasteiger partial charge < -0.3 is 14.0 Å². The number of rotatable bonds is 6. The highest BCUT2D eigenvalue weighted by atomic mass is 19.1. The Balaban J connectivity index is 2.26. The number of esters is 1.